The molecule has 0 amide bonds. The Morgan fingerprint density at radius 2 is 0.699 bits per heavy atom. The number of hydrogen-bond donors (Lipinski definition) is 0. The van der Waals surface area contributed by atoms with Gasteiger partial charge in [0.15, 0.2) is 26.9 Å². The molecular weight excluding hydrogens is 888 g/mol. The standard InChI is InChI=1S/C20H29B.C17H29B.C16H27B.C15H33BSi/c1-14(2)16(5)21(17(6)15(3)4)20-13-9-11-18-10-7-8-12-19(18)20;1-13(2)15(5)18(16(6)14(3)4)12-17-10-8-7-9-11-17;1-12(2)14(5)17(15(6)13(3)4)16-10-8-7-9-11-16;1-12(2)14(5)16(15(6)13(3)4)10-11-17(7,8)9/h7-17H,1-6H3;7-11,13-16H,12H2,1-6H3;7-15H,1-6H3;10-15H,1-9H3. The Bertz CT molecular complexity index is 1990. The molecular formula is C68H118B4Si. The highest BCUT2D eigenvalue weighted by Crippen LogP contribution is 2.37. The molecule has 0 bridgehead atoms. The van der Waals surface area contributed by atoms with E-state index < -0.39 is 8.07 Å². The lowest BCUT2D eigenvalue weighted by Gasteiger charge is -2.32. The molecule has 5 heteroatoms. The molecule has 0 aliphatic heterocycles. The van der Waals surface area contributed by atoms with E-state index in [2.05, 4.69) is 301 Å². The lowest BCUT2D eigenvalue weighted by Crippen LogP contribution is -2.41. The first-order chi connectivity index (χ1) is 33.9. The van der Waals surface area contributed by atoms with Crippen LogP contribution in [0.3, 0.4) is 0 Å². The summed E-state index contributed by atoms with van der Waals surface area (Å²) in [6.45, 7) is 67.1. The summed E-state index contributed by atoms with van der Waals surface area (Å²) in [5.74, 6) is 14.4. The average molecular weight is 1010 g/mol. The largest absolute Gasteiger partial charge is 0.182 e. The molecule has 0 saturated carbocycles. The van der Waals surface area contributed by atoms with Crippen LogP contribution in [0.1, 0.15) is 172 Å². The zero-order chi connectivity index (χ0) is 56.1. The van der Waals surface area contributed by atoms with Crippen molar-refractivity contribution in [3.63, 3.8) is 0 Å². The number of rotatable bonds is 22. The molecule has 406 valence electrons. The monoisotopic (exact) mass is 1010 g/mol. The zero-order valence-electron chi connectivity index (χ0n) is 53.2. The van der Waals surface area contributed by atoms with E-state index in [1.54, 1.807) is 0 Å². The van der Waals surface area contributed by atoms with Gasteiger partial charge < -0.3 is 0 Å². The van der Waals surface area contributed by atoms with Gasteiger partial charge in [-0.2, -0.15) is 0 Å². The van der Waals surface area contributed by atoms with Gasteiger partial charge in [-0.05, 0) is 17.1 Å². The summed E-state index contributed by atoms with van der Waals surface area (Å²) in [6, 6.07) is 37.6. The van der Waals surface area contributed by atoms with Gasteiger partial charge in [0, 0.05) is 0 Å². The van der Waals surface area contributed by atoms with Gasteiger partial charge in [0.05, 0.1) is 8.07 Å². The fourth-order valence-electron chi connectivity index (χ4n) is 10.8. The van der Waals surface area contributed by atoms with E-state index in [0.29, 0.717) is 36.9 Å². The van der Waals surface area contributed by atoms with Crippen molar-refractivity contribution in [1.82, 2.24) is 0 Å². The van der Waals surface area contributed by atoms with Crippen molar-refractivity contribution in [1.29, 1.82) is 0 Å². The van der Waals surface area contributed by atoms with E-state index in [1.165, 1.54) is 33.6 Å². The predicted molar refractivity (Wildman–Crippen MR) is 349 cm³/mol. The molecule has 0 N–H and O–H groups in total. The number of fused-ring (bicyclic) bond motifs is 1. The van der Waals surface area contributed by atoms with E-state index in [4.69, 9.17) is 0 Å². The molecule has 73 heavy (non-hydrogen) atoms. The van der Waals surface area contributed by atoms with E-state index in [1.807, 2.05) is 0 Å². The normalized spacial score (nSPS) is 15.3. The van der Waals surface area contributed by atoms with Crippen LogP contribution in [0.4, 0.5) is 0 Å². The molecule has 0 heterocycles. The lowest BCUT2D eigenvalue weighted by molar-refractivity contribution is 0.559. The second-order valence-corrected chi connectivity index (χ2v) is 32.6. The van der Waals surface area contributed by atoms with Crippen molar-refractivity contribution in [2.75, 3.05) is 0 Å². The molecule has 0 saturated heterocycles. The average Bonchev–Trinajstić information content (AvgIpc) is 3.33. The van der Waals surface area contributed by atoms with Crippen LogP contribution in [0, 0.1) is 47.3 Å². The van der Waals surface area contributed by atoms with Gasteiger partial charge in [-0.3, -0.25) is 0 Å². The molecule has 4 aromatic carbocycles. The van der Waals surface area contributed by atoms with Gasteiger partial charge in [0.1, 0.15) is 0 Å². The number of benzene rings is 4. The minimum Gasteiger partial charge on any atom is -0.122 e. The Morgan fingerprint density at radius 1 is 0.356 bits per heavy atom. The maximum absolute atomic E-state index is 2.54. The van der Waals surface area contributed by atoms with Crippen LogP contribution in [0.2, 0.25) is 66.2 Å². The van der Waals surface area contributed by atoms with Crippen molar-refractivity contribution in [2.24, 2.45) is 47.3 Å². The SMILES string of the molecule is CC(C)C(C)B(C=C[Si](C)(C)C)C(C)C(C)C.CC(C)C(C)B(Cc1ccccc1)C(C)C(C)C.CC(C)C(C)B(c1cccc2ccccc12)C(C)C(C)C.CC(C)C(C)B(c1ccccc1)C(C)C(C)C. The van der Waals surface area contributed by atoms with E-state index in [9.17, 15) is 0 Å². The third kappa shape index (κ3) is 23.2. The molecule has 4 rings (SSSR count). The molecule has 0 spiro atoms. The van der Waals surface area contributed by atoms with Crippen molar-refractivity contribution in [3.8, 4) is 0 Å². The minimum absolute atomic E-state index is 0.621. The second-order valence-electron chi connectivity index (χ2n) is 27.5. The van der Waals surface area contributed by atoms with Crippen LogP contribution in [-0.4, -0.2) is 34.9 Å². The second kappa shape index (κ2) is 33.5. The molecule has 0 aliphatic carbocycles. The van der Waals surface area contributed by atoms with Crippen LogP contribution in [0.15, 0.2) is 115 Å². The molecule has 0 aliphatic rings. The van der Waals surface area contributed by atoms with Crippen LogP contribution in [0.25, 0.3) is 10.8 Å². The van der Waals surface area contributed by atoms with Crippen molar-refractivity contribution >= 4 is 56.6 Å². The summed E-state index contributed by atoms with van der Waals surface area (Å²) in [4.78, 5) is 0. The molecule has 8 unspecified atom stereocenters. The first kappa shape index (κ1) is 68.4. The third-order valence-corrected chi connectivity index (χ3v) is 19.9. The fourth-order valence-corrected chi connectivity index (χ4v) is 11.6. The maximum atomic E-state index is 2.54. The van der Waals surface area contributed by atoms with Crippen LogP contribution in [0.5, 0.6) is 0 Å². The summed E-state index contributed by atoms with van der Waals surface area (Å²) >= 11 is 0. The Kier molecular flexibility index (Phi) is 31.4. The van der Waals surface area contributed by atoms with E-state index in [0.717, 1.165) is 83.8 Å². The smallest absolute Gasteiger partial charge is 0.122 e. The quantitative estimate of drug-likeness (QED) is 0.0688. The third-order valence-electron chi connectivity index (χ3n) is 18.7. The van der Waals surface area contributed by atoms with Crippen molar-refractivity contribution in [3.05, 3.63) is 120 Å². The molecule has 0 nitrogen and oxygen atoms in total. The van der Waals surface area contributed by atoms with Crippen molar-refractivity contribution < 1.29 is 0 Å². The highest BCUT2D eigenvalue weighted by molar-refractivity contribution is 6.83. The van der Waals surface area contributed by atoms with E-state index >= 15 is 0 Å². The van der Waals surface area contributed by atoms with Gasteiger partial charge in [-0.1, -0.05) is 399 Å². The highest BCUT2D eigenvalue weighted by atomic mass is 28.3. The Morgan fingerprint density at radius 3 is 1.08 bits per heavy atom. The predicted octanol–water partition coefficient (Wildman–Crippen LogP) is 21.0. The van der Waals surface area contributed by atoms with Gasteiger partial charge >= 0.3 is 0 Å². The Labute approximate surface area is 460 Å². The fraction of sp³-hybridized carbons (Fsp3) is 0.647. The summed E-state index contributed by atoms with van der Waals surface area (Å²) < 4.78 is 0. The Hall–Kier alpha value is -2.64. The van der Waals surface area contributed by atoms with Gasteiger partial charge in [-0.25, -0.2) is 0 Å². The topological polar surface area (TPSA) is 0 Å². The first-order valence-electron chi connectivity index (χ1n) is 30.1. The maximum Gasteiger partial charge on any atom is 0.182 e. The minimum atomic E-state index is -1.06. The molecule has 0 fully saturated rings. The van der Waals surface area contributed by atoms with Crippen LogP contribution >= 0.6 is 0 Å². The Balaban J connectivity index is 0.000000489. The molecule has 8 atom stereocenters. The number of hydrogen-bond acceptors (Lipinski definition) is 0. The zero-order valence-corrected chi connectivity index (χ0v) is 54.2. The first-order valence-corrected chi connectivity index (χ1v) is 33.7. The van der Waals surface area contributed by atoms with Crippen molar-refractivity contribution in [2.45, 2.75) is 239 Å². The summed E-state index contributed by atoms with van der Waals surface area (Å²) in [5, 5.41) is 2.80. The molecule has 0 aromatic heterocycles. The van der Waals surface area contributed by atoms with Gasteiger partial charge in [0.25, 0.3) is 0 Å². The highest BCUT2D eigenvalue weighted by Gasteiger charge is 2.35. The summed E-state index contributed by atoms with van der Waals surface area (Å²) in [6.07, 6.45) is 1.22. The van der Waals surface area contributed by atoms with Gasteiger partial charge in [-0.15, -0.1) is 11.7 Å². The van der Waals surface area contributed by atoms with E-state index in [-0.39, 0.29) is 0 Å². The summed E-state index contributed by atoms with van der Waals surface area (Å²) in [5.41, 5.74) is 7.07. The molecule has 0 radical (unpaired) electrons. The summed E-state index contributed by atoms with van der Waals surface area (Å²) in [7, 11) is -1.06. The lowest BCUT2D eigenvalue weighted by atomic mass is 9.28. The molecule has 4 aromatic rings. The van der Waals surface area contributed by atoms with Gasteiger partial charge in [0.2, 0.25) is 0 Å². The van der Waals surface area contributed by atoms with Crippen LogP contribution in [-0.2, 0) is 6.32 Å². The van der Waals surface area contributed by atoms with Crippen LogP contribution < -0.4 is 10.9 Å².